The number of likely N-dealkylation sites (N-methyl/N-ethyl adjacent to an activating group) is 1. The lowest BCUT2D eigenvalue weighted by atomic mass is 10.0. The van der Waals surface area contributed by atoms with Crippen molar-refractivity contribution >= 4 is 13.7 Å². The Hall–Kier alpha value is -0.760. The monoisotopic (exact) mass is 900 g/mol. The maximum Gasteiger partial charge on any atom is 0.472 e. The highest BCUT2D eigenvalue weighted by Crippen LogP contribution is 2.43. The van der Waals surface area contributed by atoms with E-state index >= 15 is 0 Å². The van der Waals surface area contributed by atoms with Crippen LogP contribution in [0.15, 0.2) is 12.2 Å². The minimum absolute atomic E-state index is 0.0648. The van der Waals surface area contributed by atoms with Crippen molar-refractivity contribution in [3.05, 3.63) is 12.2 Å². The molecule has 0 aromatic rings. The van der Waals surface area contributed by atoms with E-state index in [4.69, 9.17) is 9.05 Å². The van der Waals surface area contributed by atoms with Crippen LogP contribution in [0, 0.1) is 0 Å². The first kappa shape index (κ1) is 61.2. The van der Waals surface area contributed by atoms with E-state index < -0.39 is 20.0 Å². The van der Waals surface area contributed by atoms with Gasteiger partial charge in [0.25, 0.3) is 0 Å². The van der Waals surface area contributed by atoms with Crippen LogP contribution >= 0.6 is 7.82 Å². The van der Waals surface area contributed by atoms with Crippen LogP contribution in [0.4, 0.5) is 0 Å². The number of hydrogen-bond acceptors (Lipinski definition) is 5. The van der Waals surface area contributed by atoms with Crippen molar-refractivity contribution in [2.75, 3.05) is 40.9 Å². The van der Waals surface area contributed by atoms with Gasteiger partial charge in [0, 0.05) is 6.42 Å². The van der Waals surface area contributed by atoms with Gasteiger partial charge in [-0.3, -0.25) is 13.8 Å². The number of rotatable bonds is 50. The number of nitrogens with zero attached hydrogens (tertiary/aromatic N) is 1. The van der Waals surface area contributed by atoms with Crippen LogP contribution in [0.2, 0.25) is 0 Å². The summed E-state index contributed by atoms with van der Waals surface area (Å²) in [4.78, 5) is 23.2. The van der Waals surface area contributed by atoms with E-state index in [1.165, 1.54) is 212 Å². The molecular formula is C53H108N2O6P+. The Balaban J connectivity index is 4.05. The Labute approximate surface area is 386 Å². The van der Waals surface area contributed by atoms with Crippen molar-refractivity contribution in [1.82, 2.24) is 5.32 Å². The Morgan fingerprint density at radius 1 is 0.532 bits per heavy atom. The molecule has 1 amide bonds. The summed E-state index contributed by atoms with van der Waals surface area (Å²) in [6, 6.07) is -0.840. The van der Waals surface area contributed by atoms with E-state index in [9.17, 15) is 19.4 Å². The summed E-state index contributed by atoms with van der Waals surface area (Å²) in [7, 11) is 1.59. The lowest BCUT2D eigenvalue weighted by Gasteiger charge is -2.25. The molecule has 9 heteroatoms. The SMILES string of the molecule is CCCCCCCCCCCC/C=C/C(O)C(COP(=O)(O)OCC[N+](C)(C)C)NC(=O)CCCCCCCCCCCCCCCCCCCCCCCCCCCCCC. The highest BCUT2D eigenvalue weighted by molar-refractivity contribution is 7.47. The highest BCUT2D eigenvalue weighted by atomic mass is 31.2. The molecule has 3 N–H and O–H groups in total. The van der Waals surface area contributed by atoms with Crippen LogP contribution < -0.4 is 5.32 Å². The molecule has 8 nitrogen and oxygen atoms in total. The van der Waals surface area contributed by atoms with Gasteiger partial charge in [-0.05, 0) is 19.3 Å². The van der Waals surface area contributed by atoms with E-state index in [2.05, 4.69) is 19.2 Å². The molecule has 0 saturated heterocycles. The molecule has 3 atom stereocenters. The normalized spacial score (nSPS) is 14.1. The Morgan fingerprint density at radius 2 is 0.855 bits per heavy atom. The third-order valence-electron chi connectivity index (χ3n) is 12.5. The summed E-state index contributed by atoms with van der Waals surface area (Å²) >= 11 is 0. The van der Waals surface area contributed by atoms with Gasteiger partial charge in [0.15, 0.2) is 0 Å². The van der Waals surface area contributed by atoms with Gasteiger partial charge in [0.1, 0.15) is 13.2 Å². The van der Waals surface area contributed by atoms with Gasteiger partial charge in [0.2, 0.25) is 5.91 Å². The second-order valence-electron chi connectivity index (χ2n) is 20.0. The molecule has 0 saturated carbocycles. The highest BCUT2D eigenvalue weighted by Gasteiger charge is 2.27. The number of aliphatic hydroxyl groups is 1. The first-order chi connectivity index (χ1) is 30.0. The van der Waals surface area contributed by atoms with Gasteiger partial charge in [-0.2, -0.15) is 0 Å². The quantitative estimate of drug-likeness (QED) is 0.0243. The fraction of sp³-hybridized carbons (Fsp3) is 0.943. The average molecular weight is 900 g/mol. The molecule has 0 aromatic carbocycles. The molecule has 370 valence electrons. The predicted octanol–water partition coefficient (Wildman–Crippen LogP) is 15.9. The second-order valence-corrected chi connectivity index (χ2v) is 21.4. The molecule has 0 aliphatic heterocycles. The van der Waals surface area contributed by atoms with Crippen LogP contribution in [0.25, 0.3) is 0 Å². The number of carbonyl (C=O) groups excluding carboxylic acids is 1. The number of amides is 1. The molecule has 0 fully saturated rings. The summed E-state index contributed by atoms with van der Waals surface area (Å²) in [5.74, 6) is -0.172. The molecule has 0 heterocycles. The molecule has 0 radical (unpaired) electrons. The third kappa shape index (κ3) is 47.2. The maximum absolute atomic E-state index is 12.9. The van der Waals surface area contributed by atoms with E-state index in [0.29, 0.717) is 17.4 Å². The number of quaternary nitrogens is 1. The molecule has 0 aliphatic rings. The van der Waals surface area contributed by atoms with Gasteiger partial charge in [-0.25, -0.2) is 4.57 Å². The zero-order valence-corrected chi connectivity index (χ0v) is 43.0. The number of allylic oxidation sites excluding steroid dienone is 1. The number of nitrogens with one attached hydrogen (secondary N) is 1. The van der Waals surface area contributed by atoms with E-state index in [1.54, 1.807) is 6.08 Å². The molecule has 0 rings (SSSR count). The minimum atomic E-state index is -4.33. The van der Waals surface area contributed by atoms with E-state index in [0.717, 1.165) is 38.5 Å². The van der Waals surface area contributed by atoms with Gasteiger partial charge in [0.05, 0.1) is 39.9 Å². The smallest absolute Gasteiger partial charge is 0.387 e. The fourth-order valence-corrected chi connectivity index (χ4v) is 8.96. The van der Waals surface area contributed by atoms with Crippen molar-refractivity contribution in [2.24, 2.45) is 0 Å². The standard InChI is InChI=1S/C53H107N2O6P/c1-6-8-10-12-14-16-18-20-21-22-23-24-25-26-27-28-29-30-31-32-33-34-35-37-39-41-43-45-47-53(57)54-51(50-61-62(58,59)60-49-48-55(3,4)5)52(56)46-44-42-40-38-36-19-17-15-13-11-9-7-2/h44,46,51-52,56H,6-43,45,47-50H2,1-5H3,(H-,54,57,58,59)/p+1/b46-44+. The zero-order chi connectivity index (χ0) is 45.7. The van der Waals surface area contributed by atoms with Gasteiger partial charge in [-0.15, -0.1) is 0 Å². The molecule has 0 aliphatic carbocycles. The van der Waals surface area contributed by atoms with E-state index in [1.807, 2.05) is 27.2 Å². The Bertz CT molecular complexity index is 1020. The average Bonchev–Trinajstić information content (AvgIpc) is 3.23. The summed E-state index contributed by atoms with van der Waals surface area (Å²) < 4.78 is 23.6. The molecule has 0 aromatic heterocycles. The van der Waals surface area contributed by atoms with Crippen molar-refractivity contribution < 1.29 is 32.9 Å². The summed E-state index contributed by atoms with van der Waals surface area (Å²) in [6.45, 7) is 4.84. The van der Waals surface area contributed by atoms with E-state index in [-0.39, 0.29) is 19.1 Å². The lowest BCUT2D eigenvalue weighted by Crippen LogP contribution is -2.45. The summed E-state index contributed by atoms with van der Waals surface area (Å²) in [5, 5.41) is 13.9. The Morgan fingerprint density at radius 3 is 1.19 bits per heavy atom. The number of phosphoric acid groups is 1. The van der Waals surface area contributed by atoms with Crippen LogP contribution in [-0.4, -0.2) is 73.4 Å². The van der Waals surface area contributed by atoms with Crippen LogP contribution in [0.5, 0.6) is 0 Å². The fourth-order valence-electron chi connectivity index (χ4n) is 8.22. The minimum Gasteiger partial charge on any atom is -0.387 e. The molecule has 0 bridgehead atoms. The van der Waals surface area contributed by atoms with Crippen molar-refractivity contribution in [1.29, 1.82) is 0 Å². The van der Waals surface area contributed by atoms with Crippen molar-refractivity contribution in [3.8, 4) is 0 Å². The number of phosphoric ester groups is 1. The molecular weight excluding hydrogens is 792 g/mol. The van der Waals surface area contributed by atoms with Gasteiger partial charge < -0.3 is 19.8 Å². The topological polar surface area (TPSA) is 105 Å². The molecule has 62 heavy (non-hydrogen) atoms. The maximum atomic E-state index is 12.9. The van der Waals surface area contributed by atoms with Gasteiger partial charge >= 0.3 is 7.82 Å². The van der Waals surface area contributed by atoms with Crippen LogP contribution in [-0.2, 0) is 18.4 Å². The first-order valence-corrected chi connectivity index (χ1v) is 28.6. The number of aliphatic hydroxyl groups excluding tert-OH is 1. The van der Waals surface area contributed by atoms with Crippen molar-refractivity contribution in [3.63, 3.8) is 0 Å². The predicted molar refractivity (Wildman–Crippen MR) is 268 cm³/mol. The van der Waals surface area contributed by atoms with Gasteiger partial charge in [-0.1, -0.05) is 257 Å². The molecule has 0 spiro atoms. The largest absolute Gasteiger partial charge is 0.472 e. The third-order valence-corrected chi connectivity index (χ3v) is 13.5. The molecule has 3 unspecified atom stereocenters. The second kappa shape index (κ2) is 45.4. The number of hydrogen-bond donors (Lipinski definition) is 3. The lowest BCUT2D eigenvalue weighted by molar-refractivity contribution is -0.870. The first-order valence-electron chi connectivity index (χ1n) is 27.1. The Kier molecular flexibility index (Phi) is 44.8. The summed E-state index contributed by atoms with van der Waals surface area (Å²) in [6.07, 6.45) is 54.6. The zero-order valence-electron chi connectivity index (χ0n) is 42.1. The van der Waals surface area contributed by atoms with Crippen molar-refractivity contribution in [2.45, 2.75) is 283 Å². The number of carbonyl (C=O) groups is 1. The number of unbranched alkanes of at least 4 members (excludes halogenated alkanes) is 37. The van der Waals surface area contributed by atoms with Crippen LogP contribution in [0.3, 0.4) is 0 Å². The summed E-state index contributed by atoms with van der Waals surface area (Å²) in [5.41, 5.74) is 0. The van der Waals surface area contributed by atoms with Crippen LogP contribution in [0.1, 0.15) is 271 Å².